The molecular weight excluding hydrogens is 446 g/mol. The number of aliphatic hydroxyl groups excluding tert-OH is 1. The van der Waals surface area contributed by atoms with Crippen molar-refractivity contribution in [2.75, 3.05) is 32.7 Å². The number of nitrogens with zero attached hydrogens (tertiary/aromatic N) is 1. The number of carbonyl (C=O) groups excluding carboxylic acids is 6. The van der Waals surface area contributed by atoms with Crippen LogP contribution < -0.4 is 21.3 Å². The van der Waals surface area contributed by atoms with Crippen molar-refractivity contribution in [1.82, 2.24) is 26.2 Å². The van der Waals surface area contributed by atoms with E-state index in [-0.39, 0.29) is 62.8 Å². The number of hydrogen-bond acceptors (Lipinski definition) is 7. The molecule has 1 fully saturated rings. The minimum atomic E-state index is -0.844. The van der Waals surface area contributed by atoms with E-state index < -0.39 is 29.9 Å². The van der Waals surface area contributed by atoms with E-state index in [9.17, 15) is 33.9 Å². The molecule has 3 atom stereocenters. The average Bonchev–Trinajstić information content (AvgIpc) is 3.09. The van der Waals surface area contributed by atoms with Crippen LogP contribution in [0.5, 0.6) is 0 Å². The summed E-state index contributed by atoms with van der Waals surface area (Å²) in [7, 11) is 0. The van der Waals surface area contributed by atoms with Crippen molar-refractivity contribution in [2.45, 2.75) is 52.7 Å². The van der Waals surface area contributed by atoms with Crippen molar-refractivity contribution in [3.8, 4) is 0 Å². The minimum absolute atomic E-state index is 0.0781. The van der Waals surface area contributed by atoms with Gasteiger partial charge in [0.25, 0.3) is 0 Å². The number of aldehydes is 1. The lowest BCUT2D eigenvalue weighted by atomic mass is 9.94. The van der Waals surface area contributed by atoms with Crippen LogP contribution in [-0.4, -0.2) is 84.8 Å². The van der Waals surface area contributed by atoms with Crippen molar-refractivity contribution in [2.24, 2.45) is 17.8 Å². The van der Waals surface area contributed by atoms with E-state index in [0.29, 0.717) is 19.3 Å². The van der Waals surface area contributed by atoms with Crippen LogP contribution in [0.2, 0.25) is 0 Å². The van der Waals surface area contributed by atoms with Gasteiger partial charge in [0.2, 0.25) is 29.5 Å². The lowest BCUT2D eigenvalue weighted by Gasteiger charge is -2.25. The maximum atomic E-state index is 12.0. The summed E-state index contributed by atoms with van der Waals surface area (Å²) in [6, 6.07) is 0. The zero-order chi connectivity index (χ0) is 25.7. The third-order valence-electron chi connectivity index (χ3n) is 5.71. The number of likely N-dealkylation sites (tertiary alicyclic amines) is 1. The second-order valence-electron chi connectivity index (χ2n) is 8.65. The zero-order valence-corrected chi connectivity index (χ0v) is 20.1. The second-order valence-corrected chi connectivity index (χ2v) is 8.65. The van der Waals surface area contributed by atoms with Crippen LogP contribution >= 0.6 is 0 Å². The molecule has 12 nitrogen and oxygen atoms in total. The summed E-state index contributed by atoms with van der Waals surface area (Å²) in [5.74, 6) is -2.35. The van der Waals surface area contributed by atoms with E-state index >= 15 is 0 Å². The zero-order valence-electron chi connectivity index (χ0n) is 20.1. The number of aliphatic hydroxyl groups is 1. The molecule has 192 valence electrons. The first-order valence-electron chi connectivity index (χ1n) is 11.6. The Balaban J connectivity index is 2.16. The van der Waals surface area contributed by atoms with Crippen molar-refractivity contribution >= 4 is 35.8 Å². The van der Waals surface area contributed by atoms with Crippen molar-refractivity contribution in [3.63, 3.8) is 0 Å². The van der Waals surface area contributed by atoms with Crippen molar-refractivity contribution in [3.05, 3.63) is 0 Å². The molecule has 0 aromatic heterocycles. The fourth-order valence-electron chi connectivity index (χ4n) is 3.40. The molecule has 0 radical (unpaired) electrons. The van der Waals surface area contributed by atoms with Gasteiger partial charge in [-0.25, -0.2) is 0 Å². The Labute approximate surface area is 199 Å². The van der Waals surface area contributed by atoms with Crippen LogP contribution in [0.15, 0.2) is 0 Å². The van der Waals surface area contributed by atoms with Crippen molar-refractivity contribution < 1.29 is 33.9 Å². The van der Waals surface area contributed by atoms with Gasteiger partial charge in [0.1, 0.15) is 12.5 Å². The molecule has 1 rings (SSSR count). The Morgan fingerprint density at radius 3 is 2.00 bits per heavy atom. The van der Waals surface area contributed by atoms with E-state index in [1.54, 1.807) is 0 Å². The molecule has 1 aliphatic rings. The van der Waals surface area contributed by atoms with Gasteiger partial charge in [0.05, 0.1) is 19.6 Å². The van der Waals surface area contributed by atoms with Gasteiger partial charge in [-0.2, -0.15) is 0 Å². The molecule has 34 heavy (non-hydrogen) atoms. The van der Waals surface area contributed by atoms with Crippen LogP contribution in [-0.2, 0) is 28.8 Å². The summed E-state index contributed by atoms with van der Waals surface area (Å²) in [6.45, 7) is 5.20. The maximum Gasteiger partial charge on any atom is 0.239 e. The summed E-state index contributed by atoms with van der Waals surface area (Å²) < 4.78 is 0. The van der Waals surface area contributed by atoms with Crippen molar-refractivity contribution in [1.29, 1.82) is 0 Å². The Bertz CT molecular complexity index is 743. The number of amides is 5. The highest BCUT2D eigenvalue weighted by Gasteiger charge is 2.39. The monoisotopic (exact) mass is 483 g/mol. The molecule has 0 bridgehead atoms. The number of hydrogen-bond donors (Lipinski definition) is 5. The normalized spacial score (nSPS) is 18.4. The predicted octanol–water partition coefficient (Wildman–Crippen LogP) is -1.72. The highest BCUT2D eigenvalue weighted by molar-refractivity contribution is 5.90. The predicted molar refractivity (Wildman–Crippen MR) is 122 cm³/mol. The molecule has 0 saturated carbocycles. The van der Waals surface area contributed by atoms with Gasteiger partial charge >= 0.3 is 0 Å². The molecule has 0 aliphatic carbocycles. The third kappa shape index (κ3) is 10.3. The maximum absolute atomic E-state index is 12.0. The van der Waals surface area contributed by atoms with Gasteiger partial charge in [-0.1, -0.05) is 20.8 Å². The topological polar surface area (TPSA) is 174 Å². The molecule has 1 aliphatic heterocycles. The van der Waals surface area contributed by atoms with Gasteiger partial charge in [0.15, 0.2) is 0 Å². The highest BCUT2D eigenvalue weighted by Crippen LogP contribution is 2.30. The van der Waals surface area contributed by atoms with Gasteiger partial charge in [-0.15, -0.1) is 0 Å². The number of carbonyl (C=O) groups is 6. The van der Waals surface area contributed by atoms with Gasteiger partial charge in [-0.3, -0.25) is 24.0 Å². The largest absolute Gasteiger partial charge is 0.373 e. The first-order chi connectivity index (χ1) is 16.1. The van der Waals surface area contributed by atoms with Crippen LogP contribution in [0, 0.1) is 17.8 Å². The molecule has 0 aromatic rings. The molecule has 5 N–H and O–H groups in total. The Morgan fingerprint density at radius 1 is 1.00 bits per heavy atom. The SMILES string of the molecule is CCC(C=O)CNC(=O)CNC(=O)CNC(=O)CNC(=O)CCCN1C(=O)CC(C(C)C)C1O. The number of nitrogens with one attached hydrogen (secondary N) is 4. The fraction of sp³-hybridized carbons (Fsp3) is 0.727. The molecule has 0 aromatic carbocycles. The molecule has 5 amide bonds. The molecule has 12 heteroatoms. The Hall–Kier alpha value is -3.02. The van der Waals surface area contributed by atoms with E-state index in [1.165, 1.54) is 4.90 Å². The molecular formula is C22H37N5O7. The molecule has 1 saturated heterocycles. The molecule has 1 heterocycles. The first-order valence-corrected chi connectivity index (χ1v) is 11.6. The smallest absolute Gasteiger partial charge is 0.239 e. The lowest BCUT2D eigenvalue weighted by molar-refractivity contribution is -0.134. The highest BCUT2D eigenvalue weighted by atomic mass is 16.3. The minimum Gasteiger partial charge on any atom is -0.373 e. The average molecular weight is 484 g/mol. The van der Waals surface area contributed by atoms with Gasteiger partial charge in [-0.05, 0) is 18.8 Å². The van der Waals surface area contributed by atoms with Gasteiger partial charge < -0.3 is 36.1 Å². The Kier molecular flexibility index (Phi) is 12.8. The van der Waals surface area contributed by atoms with E-state index in [1.807, 2.05) is 20.8 Å². The van der Waals surface area contributed by atoms with Gasteiger partial charge in [0, 0.05) is 37.8 Å². The van der Waals surface area contributed by atoms with E-state index in [0.717, 1.165) is 6.29 Å². The summed E-state index contributed by atoms with van der Waals surface area (Å²) in [5.41, 5.74) is 0. The fourth-order valence-corrected chi connectivity index (χ4v) is 3.40. The molecule has 3 unspecified atom stereocenters. The van der Waals surface area contributed by atoms with E-state index in [4.69, 9.17) is 0 Å². The summed E-state index contributed by atoms with van der Waals surface area (Å²) >= 11 is 0. The lowest BCUT2D eigenvalue weighted by Crippen LogP contribution is -2.44. The van der Waals surface area contributed by atoms with E-state index in [2.05, 4.69) is 21.3 Å². The summed E-state index contributed by atoms with van der Waals surface area (Å²) in [5, 5.41) is 19.9. The molecule has 0 spiro atoms. The summed E-state index contributed by atoms with van der Waals surface area (Å²) in [4.78, 5) is 71.2. The first kappa shape index (κ1) is 29.0. The van der Waals surface area contributed by atoms with Crippen LogP contribution in [0.1, 0.15) is 46.5 Å². The second kappa shape index (κ2) is 15.0. The Morgan fingerprint density at radius 2 is 1.53 bits per heavy atom. The quantitative estimate of drug-likeness (QED) is 0.172. The third-order valence-corrected chi connectivity index (χ3v) is 5.71. The number of rotatable bonds is 15. The van der Waals surface area contributed by atoms with Crippen LogP contribution in [0.25, 0.3) is 0 Å². The van der Waals surface area contributed by atoms with Crippen LogP contribution in [0.4, 0.5) is 0 Å². The summed E-state index contributed by atoms with van der Waals surface area (Å²) in [6.07, 6.45) is 1.23. The standard InChI is InChI=1S/C22H37N5O7/c1-4-15(13-28)9-23-18(30)11-25-20(32)12-26-19(31)10-24-17(29)6-5-7-27-21(33)8-16(14(2)3)22(27)34/h13-16,22,34H,4-12H2,1-3H3,(H,23,30)(H,24,29)(H,25,32)(H,26,31). The van der Waals surface area contributed by atoms with Crippen LogP contribution in [0.3, 0.4) is 0 Å².